The van der Waals surface area contributed by atoms with Crippen molar-refractivity contribution in [3.05, 3.63) is 22.3 Å². The van der Waals surface area contributed by atoms with Crippen molar-refractivity contribution >= 4 is 27.7 Å². The average Bonchev–Trinajstić information content (AvgIpc) is 2.48. The Labute approximate surface area is 127 Å². The Morgan fingerprint density at radius 1 is 1.60 bits per heavy atom. The monoisotopic (exact) mass is 341 g/mol. The molecule has 0 aromatic carbocycles. The van der Waals surface area contributed by atoms with Crippen LogP contribution in [0.5, 0.6) is 0 Å². The van der Waals surface area contributed by atoms with Gasteiger partial charge in [-0.3, -0.25) is 4.79 Å². The maximum Gasteiger partial charge on any atom is 0.257 e. The summed E-state index contributed by atoms with van der Waals surface area (Å²) in [6.07, 6.45) is 2.75. The van der Waals surface area contributed by atoms with E-state index in [2.05, 4.69) is 33.2 Å². The van der Waals surface area contributed by atoms with E-state index in [1.165, 1.54) is 0 Å². The Balaban J connectivity index is 2.21. The van der Waals surface area contributed by atoms with E-state index in [1.54, 1.807) is 6.20 Å². The molecule has 1 N–H and O–H groups in total. The number of amides is 1. The Kier molecular flexibility index (Phi) is 5.37. The van der Waals surface area contributed by atoms with E-state index >= 15 is 0 Å². The van der Waals surface area contributed by atoms with Crippen LogP contribution < -0.4 is 5.32 Å². The maximum absolute atomic E-state index is 12.7. The van der Waals surface area contributed by atoms with Crippen molar-refractivity contribution < 1.29 is 9.53 Å². The lowest BCUT2D eigenvalue weighted by Crippen LogP contribution is -2.45. The van der Waals surface area contributed by atoms with Crippen LogP contribution in [0.3, 0.4) is 0 Å². The molecule has 0 aliphatic carbocycles. The summed E-state index contributed by atoms with van der Waals surface area (Å²) in [6, 6.07) is 1.82. The molecule has 1 unspecified atom stereocenters. The number of aromatic nitrogens is 1. The summed E-state index contributed by atoms with van der Waals surface area (Å²) in [4.78, 5) is 18.8. The van der Waals surface area contributed by atoms with Gasteiger partial charge in [-0.2, -0.15) is 0 Å². The first kappa shape index (κ1) is 15.3. The number of pyridine rings is 1. The van der Waals surface area contributed by atoms with Gasteiger partial charge in [0.1, 0.15) is 5.82 Å². The third-order valence-electron chi connectivity index (χ3n) is 3.31. The van der Waals surface area contributed by atoms with Crippen molar-refractivity contribution in [1.29, 1.82) is 0 Å². The van der Waals surface area contributed by atoms with E-state index in [0.717, 1.165) is 17.4 Å². The van der Waals surface area contributed by atoms with Gasteiger partial charge in [0, 0.05) is 30.3 Å². The number of nitrogens with zero attached hydrogens (tertiary/aromatic N) is 2. The zero-order valence-corrected chi connectivity index (χ0v) is 13.4. The first-order valence-electron chi connectivity index (χ1n) is 6.96. The van der Waals surface area contributed by atoms with Crippen LogP contribution in [0, 0.1) is 0 Å². The van der Waals surface area contributed by atoms with E-state index in [-0.39, 0.29) is 12.0 Å². The van der Waals surface area contributed by atoms with Crippen molar-refractivity contribution in [2.75, 3.05) is 31.6 Å². The van der Waals surface area contributed by atoms with Crippen LogP contribution >= 0.6 is 15.9 Å². The van der Waals surface area contributed by atoms with Gasteiger partial charge in [0.2, 0.25) is 0 Å². The molecular formula is C14H20BrN3O2. The fourth-order valence-electron chi connectivity index (χ4n) is 2.23. The standard InChI is InChI=1S/C14H20BrN3O2/c1-3-11-9-18(5-6-20-11)14(19)12-7-10(15)8-17-13(12)16-4-2/h7-8,11H,3-6,9H2,1-2H3,(H,16,17). The summed E-state index contributed by atoms with van der Waals surface area (Å²) < 4.78 is 6.42. The number of carbonyl (C=O) groups excluding carboxylic acids is 1. The first-order chi connectivity index (χ1) is 9.65. The molecule has 0 spiro atoms. The van der Waals surface area contributed by atoms with Gasteiger partial charge in [-0.25, -0.2) is 4.98 Å². The fraction of sp³-hybridized carbons (Fsp3) is 0.571. The summed E-state index contributed by atoms with van der Waals surface area (Å²) in [6.45, 7) is 6.67. The van der Waals surface area contributed by atoms with Crippen LogP contribution in [0.2, 0.25) is 0 Å². The average molecular weight is 342 g/mol. The van der Waals surface area contributed by atoms with Gasteiger partial charge in [-0.1, -0.05) is 6.92 Å². The molecule has 1 fully saturated rings. The highest BCUT2D eigenvalue weighted by Crippen LogP contribution is 2.21. The van der Waals surface area contributed by atoms with E-state index in [1.807, 2.05) is 17.9 Å². The number of anilines is 1. The molecule has 1 saturated heterocycles. The molecular weight excluding hydrogens is 322 g/mol. The van der Waals surface area contributed by atoms with Gasteiger partial charge in [-0.15, -0.1) is 0 Å². The van der Waals surface area contributed by atoms with Crippen LogP contribution in [0.4, 0.5) is 5.82 Å². The molecule has 1 aromatic rings. The molecule has 2 heterocycles. The largest absolute Gasteiger partial charge is 0.375 e. The van der Waals surface area contributed by atoms with Crippen LogP contribution in [-0.2, 0) is 4.74 Å². The highest BCUT2D eigenvalue weighted by atomic mass is 79.9. The maximum atomic E-state index is 12.7. The van der Waals surface area contributed by atoms with Crippen molar-refractivity contribution in [2.45, 2.75) is 26.4 Å². The topological polar surface area (TPSA) is 54.5 Å². The first-order valence-corrected chi connectivity index (χ1v) is 7.75. The number of hydrogen-bond acceptors (Lipinski definition) is 4. The number of ether oxygens (including phenoxy) is 1. The minimum Gasteiger partial charge on any atom is -0.375 e. The Bertz CT molecular complexity index is 481. The van der Waals surface area contributed by atoms with Gasteiger partial charge >= 0.3 is 0 Å². The fourth-order valence-corrected chi connectivity index (χ4v) is 2.56. The molecule has 1 atom stereocenters. The number of carbonyl (C=O) groups is 1. The lowest BCUT2D eigenvalue weighted by Gasteiger charge is -2.32. The predicted octanol–water partition coefficient (Wildman–Crippen LogP) is 2.53. The van der Waals surface area contributed by atoms with Crippen molar-refractivity contribution in [1.82, 2.24) is 9.88 Å². The quantitative estimate of drug-likeness (QED) is 0.914. The van der Waals surface area contributed by atoms with E-state index in [4.69, 9.17) is 4.74 Å². The summed E-state index contributed by atoms with van der Waals surface area (Å²) in [5.41, 5.74) is 0.609. The molecule has 0 radical (unpaired) electrons. The molecule has 5 nitrogen and oxygen atoms in total. The van der Waals surface area contributed by atoms with Gasteiger partial charge in [0.25, 0.3) is 5.91 Å². The minimum absolute atomic E-state index is 0.0106. The second-order valence-corrected chi connectivity index (χ2v) is 5.65. The van der Waals surface area contributed by atoms with Gasteiger partial charge in [0.05, 0.1) is 18.3 Å². The SMILES string of the molecule is CCNc1ncc(Br)cc1C(=O)N1CCOC(CC)C1. The molecule has 0 bridgehead atoms. The zero-order chi connectivity index (χ0) is 14.5. The normalized spacial score (nSPS) is 18.9. The van der Waals surface area contributed by atoms with E-state index in [9.17, 15) is 4.79 Å². The van der Waals surface area contributed by atoms with Crippen molar-refractivity contribution in [3.8, 4) is 0 Å². The van der Waals surface area contributed by atoms with E-state index in [0.29, 0.717) is 31.1 Å². The second kappa shape index (κ2) is 7.04. The smallest absolute Gasteiger partial charge is 0.257 e. The zero-order valence-electron chi connectivity index (χ0n) is 11.9. The van der Waals surface area contributed by atoms with Crippen LogP contribution in [0.15, 0.2) is 16.7 Å². The minimum atomic E-state index is 0.0106. The van der Waals surface area contributed by atoms with Crippen molar-refractivity contribution in [3.63, 3.8) is 0 Å². The lowest BCUT2D eigenvalue weighted by atomic mass is 10.1. The van der Waals surface area contributed by atoms with Gasteiger partial charge in [-0.05, 0) is 35.3 Å². The second-order valence-electron chi connectivity index (χ2n) is 4.73. The van der Waals surface area contributed by atoms with Gasteiger partial charge in [0.15, 0.2) is 0 Å². The predicted molar refractivity (Wildman–Crippen MR) is 82.0 cm³/mol. The molecule has 110 valence electrons. The molecule has 0 saturated carbocycles. The molecule has 2 rings (SSSR count). The number of rotatable bonds is 4. The van der Waals surface area contributed by atoms with Crippen molar-refractivity contribution in [2.24, 2.45) is 0 Å². The van der Waals surface area contributed by atoms with Gasteiger partial charge < -0.3 is 15.0 Å². The number of halogens is 1. The highest BCUT2D eigenvalue weighted by molar-refractivity contribution is 9.10. The molecule has 6 heteroatoms. The van der Waals surface area contributed by atoms with Crippen LogP contribution in [0.25, 0.3) is 0 Å². The van der Waals surface area contributed by atoms with Crippen LogP contribution in [-0.4, -0.2) is 48.1 Å². The molecule has 1 aliphatic heterocycles. The summed E-state index contributed by atoms with van der Waals surface area (Å²) in [5, 5.41) is 3.14. The number of morpholine rings is 1. The third kappa shape index (κ3) is 3.49. The Morgan fingerprint density at radius 3 is 3.10 bits per heavy atom. The highest BCUT2D eigenvalue weighted by Gasteiger charge is 2.26. The molecule has 20 heavy (non-hydrogen) atoms. The summed E-state index contributed by atoms with van der Waals surface area (Å²) >= 11 is 3.38. The Morgan fingerprint density at radius 2 is 2.40 bits per heavy atom. The van der Waals surface area contributed by atoms with E-state index < -0.39 is 0 Å². The molecule has 1 aliphatic rings. The molecule has 1 amide bonds. The number of nitrogens with one attached hydrogen (secondary N) is 1. The summed E-state index contributed by atoms with van der Waals surface area (Å²) in [7, 11) is 0. The number of hydrogen-bond donors (Lipinski definition) is 1. The van der Waals surface area contributed by atoms with Crippen LogP contribution in [0.1, 0.15) is 30.6 Å². The summed E-state index contributed by atoms with van der Waals surface area (Å²) in [5.74, 6) is 0.650. The molecule has 1 aromatic heterocycles. The lowest BCUT2D eigenvalue weighted by molar-refractivity contribution is -0.0226. The Hall–Kier alpha value is -1.14. The third-order valence-corrected chi connectivity index (χ3v) is 3.74.